The fraction of sp³-hybridized carbons (Fsp3) is 0.778. The quantitative estimate of drug-likeness (QED) is 0.560. The summed E-state index contributed by atoms with van der Waals surface area (Å²) in [6, 6.07) is -1.10. The maximum Gasteiger partial charge on any atom is 0.408 e. The van der Waals surface area contributed by atoms with Crippen molar-refractivity contribution in [3.8, 4) is 0 Å². The summed E-state index contributed by atoms with van der Waals surface area (Å²) in [5.74, 6) is -1.69. The van der Waals surface area contributed by atoms with E-state index in [1.54, 1.807) is 0 Å². The fourth-order valence-corrected chi connectivity index (χ4v) is 4.00. The Morgan fingerprint density at radius 3 is 2.37 bits per heavy atom. The summed E-state index contributed by atoms with van der Waals surface area (Å²) < 4.78 is 10.2. The van der Waals surface area contributed by atoms with Gasteiger partial charge in [-0.05, 0) is 24.7 Å². The molecule has 2 aliphatic heterocycles. The van der Waals surface area contributed by atoms with Crippen LogP contribution in [0.15, 0.2) is 0 Å². The van der Waals surface area contributed by atoms with Gasteiger partial charge in [0.15, 0.2) is 6.04 Å². The first kappa shape index (κ1) is 21.0. The molecule has 9 nitrogen and oxygen atoms in total. The van der Waals surface area contributed by atoms with Crippen molar-refractivity contribution >= 4 is 23.9 Å². The lowest BCUT2D eigenvalue weighted by Crippen LogP contribution is -2.76. The molecule has 9 heteroatoms. The van der Waals surface area contributed by atoms with Gasteiger partial charge in [0.1, 0.15) is 11.6 Å². The van der Waals surface area contributed by atoms with Crippen LogP contribution in [-0.4, -0.2) is 76.7 Å². The SMILES string of the molecule is COC(=O)[C@H]([C@@H](CC(C)(C)C)OC(C)=O)N1CC2(CCCN2C(=O)O)C1=O. The number of rotatable bonds is 5. The molecule has 0 aromatic heterocycles. The van der Waals surface area contributed by atoms with Crippen molar-refractivity contribution < 1.29 is 33.8 Å². The molecule has 152 valence electrons. The molecule has 2 rings (SSSR count). The Bertz CT molecular complexity index is 642. The zero-order valence-corrected chi connectivity index (χ0v) is 16.5. The molecule has 1 spiro atoms. The minimum atomic E-state index is -1.15. The second-order valence-corrected chi connectivity index (χ2v) is 8.38. The smallest absolute Gasteiger partial charge is 0.408 e. The lowest BCUT2D eigenvalue weighted by molar-refractivity contribution is -0.183. The number of methoxy groups -OCH3 is 1. The van der Waals surface area contributed by atoms with Crippen LogP contribution in [0.5, 0.6) is 0 Å². The average molecular weight is 384 g/mol. The number of carbonyl (C=O) groups excluding carboxylic acids is 3. The lowest BCUT2D eigenvalue weighted by Gasteiger charge is -2.53. The molecule has 0 aliphatic carbocycles. The number of hydrogen-bond acceptors (Lipinski definition) is 6. The number of nitrogens with zero attached hydrogens (tertiary/aromatic N) is 2. The molecule has 3 atom stereocenters. The molecule has 2 saturated heterocycles. The van der Waals surface area contributed by atoms with Crippen LogP contribution in [0.25, 0.3) is 0 Å². The Kier molecular flexibility index (Phi) is 5.72. The predicted octanol–water partition coefficient (Wildman–Crippen LogP) is 1.25. The highest BCUT2D eigenvalue weighted by Crippen LogP contribution is 2.41. The predicted molar refractivity (Wildman–Crippen MR) is 93.8 cm³/mol. The Hall–Kier alpha value is -2.32. The Morgan fingerprint density at radius 2 is 1.93 bits per heavy atom. The van der Waals surface area contributed by atoms with E-state index < -0.39 is 41.6 Å². The summed E-state index contributed by atoms with van der Waals surface area (Å²) in [4.78, 5) is 51.0. The molecule has 27 heavy (non-hydrogen) atoms. The monoisotopic (exact) mass is 384 g/mol. The van der Waals surface area contributed by atoms with E-state index in [1.807, 2.05) is 20.8 Å². The van der Waals surface area contributed by atoms with Gasteiger partial charge in [-0.1, -0.05) is 20.8 Å². The van der Waals surface area contributed by atoms with Crippen molar-refractivity contribution in [3.63, 3.8) is 0 Å². The largest absolute Gasteiger partial charge is 0.467 e. The van der Waals surface area contributed by atoms with Crippen LogP contribution in [0.1, 0.15) is 47.0 Å². The molecule has 0 aromatic rings. The molecule has 0 aromatic carbocycles. The molecule has 2 heterocycles. The van der Waals surface area contributed by atoms with Gasteiger partial charge in [0.25, 0.3) is 5.91 Å². The first-order valence-electron chi connectivity index (χ1n) is 8.99. The maximum atomic E-state index is 13.0. The highest BCUT2D eigenvalue weighted by molar-refractivity contribution is 5.99. The van der Waals surface area contributed by atoms with Crippen LogP contribution < -0.4 is 0 Å². The first-order valence-corrected chi connectivity index (χ1v) is 8.99. The lowest BCUT2D eigenvalue weighted by atomic mass is 9.81. The summed E-state index contributed by atoms with van der Waals surface area (Å²) in [5.41, 5.74) is -1.40. The molecule has 2 amide bonds. The summed E-state index contributed by atoms with van der Waals surface area (Å²) in [7, 11) is 1.20. The number of carbonyl (C=O) groups is 4. The van der Waals surface area contributed by atoms with Gasteiger partial charge in [0, 0.05) is 13.5 Å². The number of esters is 2. The van der Waals surface area contributed by atoms with E-state index in [-0.39, 0.29) is 18.5 Å². The van der Waals surface area contributed by atoms with E-state index >= 15 is 0 Å². The van der Waals surface area contributed by atoms with Crippen LogP contribution in [0, 0.1) is 5.41 Å². The number of carboxylic acid groups (broad SMARTS) is 1. The number of amides is 2. The summed E-state index contributed by atoms with van der Waals surface area (Å²) in [5, 5.41) is 9.39. The van der Waals surface area contributed by atoms with Gasteiger partial charge in [0.05, 0.1) is 13.7 Å². The van der Waals surface area contributed by atoms with Gasteiger partial charge in [-0.2, -0.15) is 0 Å². The third-order valence-corrected chi connectivity index (χ3v) is 5.07. The fourth-order valence-electron chi connectivity index (χ4n) is 4.00. The molecule has 0 radical (unpaired) electrons. The molecule has 1 N–H and O–H groups in total. The Labute approximate surface area is 158 Å². The van der Waals surface area contributed by atoms with E-state index in [1.165, 1.54) is 18.9 Å². The van der Waals surface area contributed by atoms with Crippen LogP contribution >= 0.6 is 0 Å². The van der Waals surface area contributed by atoms with Gasteiger partial charge in [-0.3, -0.25) is 14.5 Å². The van der Waals surface area contributed by atoms with Gasteiger partial charge >= 0.3 is 18.0 Å². The number of hydrogen-bond donors (Lipinski definition) is 1. The molecule has 0 saturated carbocycles. The normalized spacial score (nSPS) is 24.4. The second-order valence-electron chi connectivity index (χ2n) is 8.38. The van der Waals surface area contributed by atoms with Crippen LogP contribution in [0.3, 0.4) is 0 Å². The molecular weight excluding hydrogens is 356 g/mol. The average Bonchev–Trinajstić information content (AvgIpc) is 2.98. The minimum Gasteiger partial charge on any atom is -0.467 e. The van der Waals surface area contributed by atoms with Crippen molar-refractivity contribution in [3.05, 3.63) is 0 Å². The molecule has 1 unspecified atom stereocenters. The second kappa shape index (κ2) is 7.36. The van der Waals surface area contributed by atoms with Gasteiger partial charge in [-0.15, -0.1) is 0 Å². The van der Waals surface area contributed by atoms with Crippen LogP contribution in [0.4, 0.5) is 4.79 Å². The van der Waals surface area contributed by atoms with Crippen LogP contribution in [-0.2, 0) is 23.9 Å². The first-order chi connectivity index (χ1) is 12.4. The standard InChI is InChI=1S/C18H28N2O7/c1-11(21)27-12(9-17(2,3)4)13(14(22)26-5)19-10-18(15(19)23)7-6-8-20(18)16(24)25/h12-13H,6-10H2,1-5H3,(H,24,25)/t12-,13+,18?/m1/s1. The van der Waals surface area contributed by atoms with E-state index in [2.05, 4.69) is 0 Å². The van der Waals surface area contributed by atoms with Crippen molar-refractivity contribution in [1.29, 1.82) is 0 Å². The Balaban J connectivity index is 2.31. The van der Waals surface area contributed by atoms with E-state index in [0.717, 1.165) is 4.90 Å². The van der Waals surface area contributed by atoms with Gasteiger partial charge in [0.2, 0.25) is 0 Å². The topological polar surface area (TPSA) is 113 Å². The van der Waals surface area contributed by atoms with Crippen molar-refractivity contribution in [1.82, 2.24) is 9.80 Å². The zero-order chi connectivity index (χ0) is 20.6. The van der Waals surface area contributed by atoms with Gasteiger partial charge < -0.3 is 19.5 Å². The minimum absolute atomic E-state index is 0.0831. The van der Waals surface area contributed by atoms with E-state index in [4.69, 9.17) is 9.47 Å². The Morgan fingerprint density at radius 1 is 1.30 bits per heavy atom. The zero-order valence-electron chi connectivity index (χ0n) is 16.5. The number of β-lactam (4-membered cyclic amide) rings is 1. The molecule has 2 aliphatic rings. The van der Waals surface area contributed by atoms with Crippen LogP contribution in [0.2, 0.25) is 0 Å². The number of ether oxygens (including phenoxy) is 2. The van der Waals surface area contributed by atoms with Crippen molar-refractivity contribution in [2.24, 2.45) is 5.41 Å². The van der Waals surface area contributed by atoms with Crippen molar-refractivity contribution in [2.75, 3.05) is 20.2 Å². The number of likely N-dealkylation sites (tertiary alicyclic amines) is 2. The molecule has 2 fully saturated rings. The van der Waals surface area contributed by atoms with Crippen molar-refractivity contribution in [2.45, 2.75) is 64.6 Å². The summed E-state index contributed by atoms with van der Waals surface area (Å²) in [6.45, 7) is 7.40. The highest BCUT2D eigenvalue weighted by Gasteiger charge is 2.63. The molecular formula is C18H28N2O7. The third-order valence-electron chi connectivity index (χ3n) is 5.07. The molecule has 0 bridgehead atoms. The van der Waals surface area contributed by atoms with Gasteiger partial charge in [-0.25, -0.2) is 9.59 Å². The third kappa shape index (κ3) is 4.01. The van der Waals surface area contributed by atoms with E-state index in [0.29, 0.717) is 19.3 Å². The highest BCUT2D eigenvalue weighted by atomic mass is 16.6. The summed E-state index contributed by atoms with van der Waals surface area (Å²) >= 11 is 0. The summed E-state index contributed by atoms with van der Waals surface area (Å²) in [6.07, 6.45) is -0.687. The van der Waals surface area contributed by atoms with E-state index in [9.17, 15) is 24.3 Å². The maximum absolute atomic E-state index is 13.0.